The number of benzene rings is 1. The van der Waals surface area contributed by atoms with E-state index in [0.717, 1.165) is 18.1 Å². The van der Waals surface area contributed by atoms with Crippen LogP contribution >= 0.6 is 11.3 Å². The zero-order chi connectivity index (χ0) is 20.7. The van der Waals surface area contributed by atoms with Gasteiger partial charge in [-0.3, -0.25) is 4.99 Å². The molecule has 1 heterocycles. The number of nitrogens with one attached hydrogen (secondary N) is 3. The van der Waals surface area contributed by atoms with Crippen LogP contribution in [0.2, 0.25) is 0 Å². The monoisotopic (exact) mass is 434 g/mol. The van der Waals surface area contributed by atoms with E-state index in [1.54, 1.807) is 25.2 Å². The summed E-state index contributed by atoms with van der Waals surface area (Å²) in [5.74, 6) is 0.730. The Morgan fingerprint density at radius 1 is 1.14 bits per heavy atom. The number of nitrogens with zero attached hydrogens (tertiary/aromatic N) is 1. The first-order valence-electron chi connectivity index (χ1n) is 10.0. The van der Waals surface area contributed by atoms with Crippen molar-refractivity contribution in [1.82, 2.24) is 15.4 Å². The minimum Gasteiger partial charge on any atom is -0.355 e. The molecular weight excluding hydrogens is 404 g/mol. The lowest BCUT2D eigenvalue weighted by Crippen LogP contribution is -2.46. The van der Waals surface area contributed by atoms with Crippen molar-refractivity contribution in [3.8, 4) is 0 Å². The lowest BCUT2D eigenvalue weighted by Gasteiger charge is -2.37. The van der Waals surface area contributed by atoms with Crippen LogP contribution < -0.4 is 15.4 Å². The maximum atomic E-state index is 12.0. The predicted octanol–water partition coefficient (Wildman–Crippen LogP) is 3.22. The number of sulfonamides is 1. The average molecular weight is 435 g/mol. The molecule has 1 aliphatic rings. The lowest BCUT2D eigenvalue weighted by molar-refractivity contribution is 0.296. The molecule has 0 saturated heterocycles. The van der Waals surface area contributed by atoms with Gasteiger partial charge >= 0.3 is 0 Å². The summed E-state index contributed by atoms with van der Waals surface area (Å²) >= 11 is 1.84. The zero-order valence-corrected chi connectivity index (χ0v) is 18.7. The minimum atomic E-state index is -3.45. The van der Waals surface area contributed by atoms with Gasteiger partial charge in [0, 0.05) is 30.4 Å². The standard InChI is InChI=1S/C21H30N4O2S2/c1-22-20(24-15-17-8-6-9-18(14-17)29(26,27)23-2)25-16-21(11-4-3-5-12-21)19-10-7-13-28-19/h6-10,13-14,23H,3-5,11-12,15-16H2,1-2H3,(H2,22,24,25). The molecule has 1 aromatic heterocycles. The molecule has 2 aromatic rings. The van der Waals surface area contributed by atoms with Crippen molar-refractivity contribution in [2.75, 3.05) is 20.6 Å². The Kier molecular flexibility index (Phi) is 7.32. The molecule has 0 bridgehead atoms. The molecule has 0 spiro atoms. The normalized spacial score (nSPS) is 17.1. The maximum Gasteiger partial charge on any atom is 0.240 e. The van der Waals surface area contributed by atoms with Crippen LogP contribution in [0, 0.1) is 0 Å². The Hall–Kier alpha value is -1.90. The van der Waals surface area contributed by atoms with Gasteiger partial charge in [-0.1, -0.05) is 37.5 Å². The van der Waals surface area contributed by atoms with Crippen molar-refractivity contribution in [3.63, 3.8) is 0 Å². The van der Waals surface area contributed by atoms with Crippen LogP contribution in [0.25, 0.3) is 0 Å². The first kappa shape index (κ1) is 21.8. The van der Waals surface area contributed by atoms with E-state index >= 15 is 0 Å². The maximum absolute atomic E-state index is 12.0. The van der Waals surface area contributed by atoms with Crippen molar-refractivity contribution < 1.29 is 8.42 Å². The fourth-order valence-electron chi connectivity index (χ4n) is 3.92. The van der Waals surface area contributed by atoms with E-state index in [1.165, 1.54) is 44.0 Å². The fraction of sp³-hybridized carbons (Fsp3) is 0.476. The average Bonchev–Trinajstić information content (AvgIpc) is 3.30. The van der Waals surface area contributed by atoms with E-state index in [4.69, 9.17) is 0 Å². The molecule has 3 rings (SSSR count). The van der Waals surface area contributed by atoms with Gasteiger partial charge in [0.2, 0.25) is 10.0 Å². The minimum absolute atomic E-state index is 0.171. The van der Waals surface area contributed by atoms with Gasteiger partial charge in [0.05, 0.1) is 4.90 Å². The zero-order valence-electron chi connectivity index (χ0n) is 17.1. The van der Waals surface area contributed by atoms with Gasteiger partial charge < -0.3 is 10.6 Å². The molecule has 0 aliphatic heterocycles. The third-order valence-electron chi connectivity index (χ3n) is 5.61. The summed E-state index contributed by atoms with van der Waals surface area (Å²) in [7, 11) is -0.268. The highest BCUT2D eigenvalue weighted by Gasteiger charge is 2.34. The quantitative estimate of drug-likeness (QED) is 0.462. The van der Waals surface area contributed by atoms with Crippen molar-refractivity contribution in [3.05, 3.63) is 52.2 Å². The summed E-state index contributed by atoms with van der Waals surface area (Å²) in [6.45, 7) is 1.35. The largest absolute Gasteiger partial charge is 0.355 e. The van der Waals surface area contributed by atoms with Gasteiger partial charge in [-0.15, -0.1) is 11.3 Å². The predicted molar refractivity (Wildman–Crippen MR) is 120 cm³/mol. The van der Waals surface area contributed by atoms with Crippen LogP contribution in [-0.4, -0.2) is 35.0 Å². The topological polar surface area (TPSA) is 82.6 Å². The van der Waals surface area contributed by atoms with E-state index in [1.807, 2.05) is 17.4 Å². The lowest BCUT2D eigenvalue weighted by atomic mass is 9.73. The molecule has 1 aliphatic carbocycles. The van der Waals surface area contributed by atoms with Gasteiger partial charge in [-0.2, -0.15) is 0 Å². The highest BCUT2D eigenvalue weighted by molar-refractivity contribution is 7.89. The molecule has 8 heteroatoms. The molecule has 0 atom stereocenters. The Morgan fingerprint density at radius 2 is 1.93 bits per heavy atom. The summed E-state index contributed by atoms with van der Waals surface area (Å²) in [6, 6.07) is 11.3. The van der Waals surface area contributed by atoms with E-state index in [9.17, 15) is 8.42 Å². The van der Waals surface area contributed by atoms with Crippen molar-refractivity contribution in [2.45, 2.75) is 49.0 Å². The van der Waals surface area contributed by atoms with Crippen LogP contribution in [0.5, 0.6) is 0 Å². The van der Waals surface area contributed by atoms with Crippen LogP contribution in [0.4, 0.5) is 0 Å². The van der Waals surface area contributed by atoms with Crippen LogP contribution in [-0.2, 0) is 22.0 Å². The number of thiophene rings is 1. The summed E-state index contributed by atoms with van der Waals surface area (Å²) in [5.41, 5.74) is 1.06. The molecule has 1 saturated carbocycles. The van der Waals surface area contributed by atoms with Crippen LogP contribution in [0.1, 0.15) is 42.5 Å². The van der Waals surface area contributed by atoms with Gasteiger partial charge in [0.25, 0.3) is 0 Å². The third kappa shape index (κ3) is 5.38. The van der Waals surface area contributed by atoms with E-state index in [2.05, 4.69) is 37.9 Å². The molecule has 0 amide bonds. The van der Waals surface area contributed by atoms with Gasteiger partial charge in [-0.05, 0) is 49.0 Å². The number of guanidine groups is 1. The second-order valence-electron chi connectivity index (χ2n) is 7.45. The fourth-order valence-corrected chi connectivity index (χ4v) is 5.71. The smallest absolute Gasteiger partial charge is 0.240 e. The van der Waals surface area contributed by atoms with Gasteiger partial charge in [0.15, 0.2) is 5.96 Å². The SMILES string of the molecule is CN=C(NCc1cccc(S(=O)(=O)NC)c1)NCC1(c2cccs2)CCCCC1. The summed E-state index contributed by atoms with van der Waals surface area (Å²) < 4.78 is 26.4. The van der Waals surface area contributed by atoms with E-state index < -0.39 is 10.0 Å². The van der Waals surface area contributed by atoms with E-state index in [0.29, 0.717) is 6.54 Å². The summed E-state index contributed by atoms with van der Waals surface area (Å²) in [5, 5.41) is 8.98. The van der Waals surface area contributed by atoms with Gasteiger partial charge in [0.1, 0.15) is 0 Å². The molecule has 158 valence electrons. The van der Waals surface area contributed by atoms with E-state index in [-0.39, 0.29) is 10.3 Å². The van der Waals surface area contributed by atoms with Crippen molar-refractivity contribution in [2.24, 2.45) is 4.99 Å². The molecule has 6 nitrogen and oxygen atoms in total. The summed E-state index contributed by atoms with van der Waals surface area (Å²) in [6.07, 6.45) is 6.23. The number of rotatable bonds is 7. The molecule has 1 fully saturated rings. The number of hydrogen-bond donors (Lipinski definition) is 3. The van der Waals surface area contributed by atoms with Crippen molar-refractivity contribution >= 4 is 27.3 Å². The highest BCUT2D eigenvalue weighted by Crippen LogP contribution is 2.41. The van der Waals surface area contributed by atoms with Crippen molar-refractivity contribution in [1.29, 1.82) is 0 Å². The first-order valence-corrected chi connectivity index (χ1v) is 12.4. The molecule has 29 heavy (non-hydrogen) atoms. The number of hydrogen-bond acceptors (Lipinski definition) is 4. The number of aliphatic imine (C=N–C) groups is 1. The van der Waals surface area contributed by atoms with Gasteiger partial charge in [-0.25, -0.2) is 13.1 Å². The first-order chi connectivity index (χ1) is 14.0. The molecule has 3 N–H and O–H groups in total. The highest BCUT2D eigenvalue weighted by atomic mass is 32.2. The Labute approximate surface area is 177 Å². The Balaban J connectivity index is 1.63. The molecule has 0 unspecified atom stereocenters. The molecule has 0 radical (unpaired) electrons. The molecular formula is C21H30N4O2S2. The van der Waals surface area contributed by atoms with Crippen LogP contribution in [0.3, 0.4) is 0 Å². The Bertz CT molecular complexity index is 918. The van der Waals surface area contributed by atoms with Crippen LogP contribution in [0.15, 0.2) is 51.7 Å². The Morgan fingerprint density at radius 3 is 2.59 bits per heavy atom. The second kappa shape index (κ2) is 9.73. The summed E-state index contributed by atoms with van der Waals surface area (Å²) in [4.78, 5) is 6.07. The third-order valence-corrected chi connectivity index (χ3v) is 8.14. The second-order valence-corrected chi connectivity index (χ2v) is 10.3. The molecule has 1 aromatic carbocycles.